The second kappa shape index (κ2) is 6.90. The summed E-state index contributed by atoms with van der Waals surface area (Å²) >= 11 is 14.9. The van der Waals surface area contributed by atoms with Crippen molar-refractivity contribution >= 4 is 50.7 Å². The van der Waals surface area contributed by atoms with E-state index in [4.69, 9.17) is 33.3 Å². The van der Waals surface area contributed by atoms with E-state index in [1.807, 2.05) is 25.1 Å². The molecule has 0 spiro atoms. The predicted octanol–water partition coefficient (Wildman–Crippen LogP) is 4.02. The van der Waals surface area contributed by atoms with E-state index in [1.54, 1.807) is 6.20 Å². The van der Waals surface area contributed by atoms with E-state index in [1.165, 1.54) is 0 Å². The highest BCUT2D eigenvalue weighted by Gasteiger charge is 2.13. The van der Waals surface area contributed by atoms with Crippen molar-refractivity contribution in [3.05, 3.63) is 45.0 Å². The van der Waals surface area contributed by atoms with Gasteiger partial charge in [-0.3, -0.25) is 0 Å². The van der Waals surface area contributed by atoms with E-state index >= 15 is 0 Å². The number of aromatic nitrogens is 1. The Morgan fingerprint density at radius 2 is 2.17 bits per heavy atom. The number of hydrogen-bond acceptors (Lipinski definition) is 4. The quantitative estimate of drug-likeness (QED) is 0.740. The summed E-state index contributed by atoms with van der Waals surface area (Å²) in [6.07, 6.45) is 1.68. The molecule has 0 amide bonds. The van der Waals surface area contributed by atoms with E-state index in [9.17, 15) is 0 Å². The number of benzene rings is 1. The number of hydrogen-bond donors (Lipinski definition) is 2. The molecular formula is C15H13BrClN3O2S. The van der Waals surface area contributed by atoms with Gasteiger partial charge in [-0.05, 0) is 58.3 Å². The average molecular weight is 415 g/mol. The molecule has 23 heavy (non-hydrogen) atoms. The first-order valence-electron chi connectivity index (χ1n) is 6.78. The minimum absolute atomic E-state index is 0.263. The second-order valence-corrected chi connectivity index (χ2v) is 6.53. The number of anilines is 1. The lowest BCUT2D eigenvalue weighted by Crippen LogP contribution is -2.28. The molecule has 0 aliphatic carbocycles. The third kappa shape index (κ3) is 3.68. The fraction of sp³-hybridized carbons (Fsp3) is 0.200. The van der Waals surface area contributed by atoms with Gasteiger partial charge in [-0.1, -0.05) is 17.7 Å². The molecule has 0 radical (unpaired) electrons. The van der Waals surface area contributed by atoms with E-state index in [0.717, 1.165) is 27.1 Å². The molecule has 1 aromatic carbocycles. The zero-order chi connectivity index (χ0) is 16.4. The van der Waals surface area contributed by atoms with Gasteiger partial charge in [-0.25, -0.2) is 4.98 Å². The number of nitrogens with one attached hydrogen (secondary N) is 2. The van der Waals surface area contributed by atoms with Crippen molar-refractivity contribution in [3.8, 4) is 11.5 Å². The van der Waals surface area contributed by atoms with Gasteiger partial charge >= 0.3 is 0 Å². The van der Waals surface area contributed by atoms with Crippen molar-refractivity contribution in [2.45, 2.75) is 13.5 Å². The number of thiocarbonyl (C=S) groups is 1. The molecule has 0 bridgehead atoms. The van der Waals surface area contributed by atoms with Crippen molar-refractivity contribution in [2.75, 3.05) is 12.1 Å². The van der Waals surface area contributed by atoms with Gasteiger partial charge in [0.2, 0.25) is 6.79 Å². The van der Waals surface area contributed by atoms with Crippen LogP contribution in [0.3, 0.4) is 0 Å². The van der Waals surface area contributed by atoms with Crippen LogP contribution in [0.15, 0.2) is 28.9 Å². The zero-order valence-corrected chi connectivity index (χ0v) is 15.3. The fourth-order valence-electron chi connectivity index (χ4n) is 2.03. The summed E-state index contributed by atoms with van der Waals surface area (Å²) in [7, 11) is 0. The monoisotopic (exact) mass is 413 g/mol. The summed E-state index contributed by atoms with van der Waals surface area (Å²) in [5.74, 6) is 2.03. The molecule has 2 N–H and O–H groups in total. The minimum Gasteiger partial charge on any atom is -0.454 e. The Hall–Kier alpha value is -1.57. The molecule has 2 heterocycles. The molecule has 5 nitrogen and oxygen atoms in total. The molecule has 0 atom stereocenters. The molecule has 0 unspecified atom stereocenters. The van der Waals surface area contributed by atoms with Crippen molar-refractivity contribution in [1.82, 2.24) is 10.3 Å². The zero-order valence-electron chi connectivity index (χ0n) is 12.2. The number of halogens is 2. The van der Waals surface area contributed by atoms with E-state index in [-0.39, 0.29) is 6.79 Å². The van der Waals surface area contributed by atoms with Gasteiger partial charge in [0.05, 0.1) is 5.02 Å². The van der Waals surface area contributed by atoms with Crippen LogP contribution in [0, 0.1) is 6.92 Å². The number of ether oxygens (including phenoxy) is 2. The first kappa shape index (κ1) is 16.3. The molecule has 2 aromatic rings. The highest BCUT2D eigenvalue weighted by molar-refractivity contribution is 9.10. The maximum atomic E-state index is 6.25. The van der Waals surface area contributed by atoms with Crippen LogP contribution in [0.1, 0.15) is 11.1 Å². The Balaban J connectivity index is 1.61. The van der Waals surface area contributed by atoms with E-state index < -0.39 is 0 Å². The molecule has 120 valence electrons. The van der Waals surface area contributed by atoms with Crippen LogP contribution in [-0.2, 0) is 6.54 Å². The molecule has 3 rings (SSSR count). The van der Waals surface area contributed by atoms with Crippen molar-refractivity contribution < 1.29 is 9.47 Å². The summed E-state index contributed by atoms with van der Waals surface area (Å²) < 4.78 is 11.5. The fourth-order valence-corrected chi connectivity index (χ4v) is 2.81. The maximum absolute atomic E-state index is 6.25. The lowest BCUT2D eigenvalue weighted by atomic mass is 10.2. The molecular weight excluding hydrogens is 402 g/mol. The SMILES string of the molecule is Cc1c(Br)cnc(NC(=S)NCc2ccc3c(c2)OCO3)c1Cl. The Bertz CT molecular complexity index is 773. The lowest BCUT2D eigenvalue weighted by molar-refractivity contribution is 0.174. The minimum atomic E-state index is 0.263. The topological polar surface area (TPSA) is 55.4 Å². The molecule has 0 saturated carbocycles. The van der Waals surface area contributed by atoms with Crippen molar-refractivity contribution in [3.63, 3.8) is 0 Å². The molecule has 1 aliphatic rings. The summed E-state index contributed by atoms with van der Waals surface area (Å²) in [6.45, 7) is 2.72. The summed E-state index contributed by atoms with van der Waals surface area (Å²) in [5.41, 5.74) is 1.94. The van der Waals surface area contributed by atoms with Gasteiger partial charge in [0.25, 0.3) is 0 Å². The van der Waals surface area contributed by atoms with Gasteiger partial charge in [-0.15, -0.1) is 0 Å². The predicted molar refractivity (Wildman–Crippen MR) is 97.3 cm³/mol. The normalized spacial score (nSPS) is 12.1. The van der Waals surface area contributed by atoms with Crippen LogP contribution < -0.4 is 20.1 Å². The Morgan fingerprint density at radius 3 is 3.00 bits per heavy atom. The standard InChI is InChI=1S/C15H13BrClN3O2S/c1-8-10(16)6-18-14(13(8)17)20-15(23)19-5-9-2-3-11-12(4-9)22-7-21-11/h2-4,6H,5,7H2,1H3,(H2,18,19,20,23). The van der Waals surface area contributed by atoms with Gasteiger partial charge < -0.3 is 20.1 Å². The molecule has 1 aromatic heterocycles. The van der Waals surface area contributed by atoms with Crippen LogP contribution in [0.5, 0.6) is 11.5 Å². The van der Waals surface area contributed by atoms with Crippen LogP contribution in [0.25, 0.3) is 0 Å². The molecule has 0 saturated heterocycles. The Kier molecular flexibility index (Phi) is 4.89. The smallest absolute Gasteiger partial charge is 0.231 e. The van der Waals surface area contributed by atoms with Gasteiger partial charge in [-0.2, -0.15) is 0 Å². The number of fused-ring (bicyclic) bond motifs is 1. The summed E-state index contributed by atoms with van der Waals surface area (Å²) in [6, 6.07) is 5.76. The molecule has 0 fully saturated rings. The van der Waals surface area contributed by atoms with E-state index in [2.05, 4.69) is 31.5 Å². The lowest BCUT2D eigenvalue weighted by Gasteiger charge is -2.13. The highest BCUT2D eigenvalue weighted by Crippen LogP contribution is 2.32. The average Bonchev–Trinajstić information content (AvgIpc) is 3.01. The molecule has 1 aliphatic heterocycles. The van der Waals surface area contributed by atoms with Crippen LogP contribution >= 0.6 is 39.7 Å². The second-order valence-electron chi connectivity index (χ2n) is 4.89. The number of pyridine rings is 1. The number of rotatable bonds is 3. The third-order valence-electron chi connectivity index (χ3n) is 3.32. The Morgan fingerprint density at radius 1 is 1.39 bits per heavy atom. The van der Waals surface area contributed by atoms with Crippen LogP contribution in [-0.4, -0.2) is 16.9 Å². The van der Waals surface area contributed by atoms with Crippen molar-refractivity contribution in [1.29, 1.82) is 0 Å². The van der Waals surface area contributed by atoms with E-state index in [0.29, 0.717) is 22.5 Å². The molecule has 8 heteroatoms. The summed E-state index contributed by atoms with van der Waals surface area (Å²) in [5, 5.41) is 7.09. The van der Waals surface area contributed by atoms with Crippen LogP contribution in [0.4, 0.5) is 5.82 Å². The highest BCUT2D eigenvalue weighted by atomic mass is 79.9. The van der Waals surface area contributed by atoms with Crippen LogP contribution in [0.2, 0.25) is 5.02 Å². The van der Waals surface area contributed by atoms with Crippen molar-refractivity contribution in [2.24, 2.45) is 0 Å². The first-order valence-corrected chi connectivity index (χ1v) is 8.36. The maximum Gasteiger partial charge on any atom is 0.231 e. The summed E-state index contributed by atoms with van der Waals surface area (Å²) in [4.78, 5) is 4.23. The Labute approximate surface area is 152 Å². The largest absolute Gasteiger partial charge is 0.454 e. The third-order valence-corrected chi connectivity index (χ3v) is 4.83. The first-order chi connectivity index (χ1) is 11.0. The number of nitrogens with zero attached hydrogens (tertiary/aromatic N) is 1. The van der Waals surface area contributed by atoms with Gasteiger partial charge in [0.15, 0.2) is 22.4 Å². The van der Waals surface area contributed by atoms with Gasteiger partial charge in [0.1, 0.15) is 0 Å². The van der Waals surface area contributed by atoms with Gasteiger partial charge in [0, 0.05) is 17.2 Å².